The average Bonchev–Trinajstić information content (AvgIpc) is 3.82. The van der Waals surface area contributed by atoms with Gasteiger partial charge in [-0.05, 0) is 62.4 Å². The van der Waals surface area contributed by atoms with Gasteiger partial charge in [0.1, 0.15) is 47.2 Å². The Kier molecular flexibility index (Phi) is 10.7. The van der Waals surface area contributed by atoms with Gasteiger partial charge in [-0.2, -0.15) is 9.97 Å². The number of benzene rings is 2. The van der Waals surface area contributed by atoms with Crippen LogP contribution >= 0.6 is 0 Å². The van der Waals surface area contributed by atoms with Crippen LogP contribution in [0.4, 0.5) is 30.5 Å². The first kappa shape index (κ1) is 39.7. The van der Waals surface area contributed by atoms with E-state index in [0.717, 1.165) is 24.3 Å². The number of carbonyl (C=O) groups excluding carboxylic acids is 1. The summed E-state index contributed by atoms with van der Waals surface area (Å²) >= 11 is 0. The molecule has 0 aliphatic carbocycles. The maximum atomic E-state index is 17.2. The number of anilines is 3. The number of rotatable bonds is 10. The summed E-state index contributed by atoms with van der Waals surface area (Å²) in [6.07, 6.45) is 10.7. The Balaban J connectivity index is 1.19. The molecule has 3 aromatic heterocycles. The fourth-order valence-corrected chi connectivity index (χ4v) is 8.80. The molecule has 0 radical (unpaired) electrons. The molecule has 0 spiro atoms. The third kappa shape index (κ3) is 7.41. The molecule has 3 aliphatic rings. The number of aromatic hydroxyl groups is 1. The Labute approximate surface area is 340 Å². The molecule has 1 N–H and O–H groups in total. The van der Waals surface area contributed by atoms with E-state index in [0.29, 0.717) is 38.2 Å². The second-order valence-corrected chi connectivity index (χ2v) is 15.8. The number of carbonyl (C=O) groups is 1. The molecule has 0 bridgehead atoms. The largest absolute Gasteiger partial charge is 0.508 e. The van der Waals surface area contributed by atoms with Crippen molar-refractivity contribution in [3.05, 3.63) is 78.6 Å². The summed E-state index contributed by atoms with van der Waals surface area (Å²) in [7, 11) is 1.78. The highest BCUT2D eigenvalue weighted by Crippen LogP contribution is 2.40. The number of terminal acetylenes is 1. The van der Waals surface area contributed by atoms with Gasteiger partial charge >= 0.3 is 6.01 Å². The molecule has 1 amide bonds. The van der Waals surface area contributed by atoms with Crippen LogP contribution < -0.4 is 19.4 Å². The van der Waals surface area contributed by atoms with Crippen molar-refractivity contribution >= 4 is 44.9 Å². The second-order valence-electron chi connectivity index (χ2n) is 15.8. The number of fused-ring (bicyclic) bond motifs is 2. The van der Waals surface area contributed by atoms with Gasteiger partial charge in [-0.3, -0.25) is 9.78 Å². The van der Waals surface area contributed by atoms with E-state index in [1.807, 2.05) is 24.0 Å². The number of phenols is 1. The van der Waals surface area contributed by atoms with Gasteiger partial charge in [0.15, 0.2) is 5.82 Å². The number of amides is 1. The first-order chi connectivity index (χ1) is 28.4. The Morgan fingerprint density at radius 1 is 1.20 bits per heavy atom. The van der Waals surface area contributed by atoms with Gasteiger partial charge in [0.05, 0.1) is 35.7 Å². The quantitative estimate of drug-likeness (QED) is 0.124. The van der Waals surface area contributed by atoms with E-state index in [-0.39, 0.29) is 88.3 Å². The summed E-state index contributed by atoms with van der Waals surface area (Å²) in [5, 5.41) is 11.5. The number of alkyl halides is 1. The van der Waals surface area contributed by atoms with Gasteiger partial charge in [-0.25, -0.2) is 18.2 Å². The first-order valence-corrected chi connectivity index (χ1v) is 19.7. The number of aromatic nitrogens is 4. The van der Waals surface area contributed by atoms with Crippen LogP contribution in [0.25, 0.3) is 32.9 Å². The minimum atomic E-state index is -1.16. The summed E-state index contributed by atoms with van der Waals surface area (Å²) in [6.45, 7) is 10.5. The standard InChI is InChI=1S/C44H45F3N8O4/c1-6-32-35(46)11-10-27-17-31(56)19-33(38(27)32)40-39(47)41-34(21-49-40)42(52(5)23-30-9-8-14-54(30)37(57)7-2)51-43(50-41)59-25-44(4)20-28(45)22-55(44)29-12-13-48-36(18-29)53-15-16-58-24-26(53)3/h1,7,10-13,17-19,21,26,28,30,56H,2,8-9,14-16,20,22-25H2,3-5H3/t26-,28-,30+,44+/m1/s1. The van der Waals surface area contributed by atoms with Gasteiger partial charge in [0.2, 0.25) is 5.91 Å². The topological polar surface area (TPSA) is 120 Å². The number of likely N-dealkylation sites (N-methyl/N-ethyl adjacent to an activating group) is 1. The van der Waals surface area contributed by atoms with Crippen molar-refractivity contribution in [3.63, 3.8) is 0 Å². The SMILES string of the molecule is C#Cc1c(F)ccc2cc(O)cc(-c3ncc4c(N(C)C[C@@H]5CCCN5C(=O)C=C)nc(OC[C@]5(C)C[C@@H](F)CN5c5ccnc(N6CCOC[C@H]6C)c5)nc4c3F)c12. The maximum absolute atomic E-state index is 17.2. The van der Waals surface area contributed by atoms with Crippen molar-refractivity contribution in [1.82, 2.24) is 24.8 Å². The minimum Gasteiger partial charge on any atom is -0.508 e. The molecule has 6 heterocycles. The third-order valence-corrected chi connectivity index (χ3v) is 11.7. The Hall–Kier alpha value is -6.14. The van der Waals surface area contributed by atoms with Crippen LogP contribution in [0.2, 0.25) is 0 Å². The van der Waals surface area contributed by atoms with E-state index in [1.54, 1.807) is 23.0 Å². The average molecular weight is 807 g/mol. The molecule has 3 saturated heterocycles. The lowest BCUT2D eigenvalue weighted by Gasteiger charge is -2.38. The number of hydrogen-bond acceptors (Lipinski definition) is 11. The second kappa shape index (κ2) is 15.9. The molecular weight excluding hydrogens is 762 g/mol. The van der Waals surface area contributed by atoms with E-state index < -0.39 is 23.3 Å². The van der Waals surface area contributed by atoms with Crippen molar-refractivity contribution in [3.8, 4) is 35.4 Å². The van der Waals surface area contributed by atoms with Crippen LogP contribution in [-0.4, -0.2) is 113 Å². The smallest absolute Gasteiger partial charge is 0.319 e. The maximum Gasteiger partial charge on any atom is 0.319 e. The fourth-order valence-electron chi connectivity index (χ4n) is 8.80. The zero-order valence-electron chi connectivity index (χ0n) is 33.2. The molecule has 5 aromatic rings. The van der Waals surface area contributed by atoms with Crippen molar-refractivity contribution in [2.75, 3.05) is 67.7 Å². The number of ether oxygens (including phenoxy) is 2. The number of likely N-dealkylation sites (tertiary alicyclic amines) is 1. The van der Waals surface area contributed by atoms with Crippen LogP contribution in [-0.2, 0) is 9.53 Å². The van der Waals surface area contributed by atoms with Gasteiger partial charge in [-0.15, -0.1) is 6.42 Å². The zero-order valence-corrected chi connectivity index (χ0v) is 33.2. The molecule has 12 nitrogen and oxygen atoms in total. The highest BCUT2D eigenvalue weighted by atomic mass is 19.1. The van der Waals surface area contributed by atoms with E-state index in [9.17, 15) is 9.90 Å². The van der Waals surface area contributed by atoms with E-state index in [2.05, 4.69) is 39.3 Å². The number of halogens is 3. The lowest BCUT2D eigenvalue weighted by molar-refractivity contribution is -0.126. The van der Waals surface area contributed by atoms with Crippen molar-refractivity contribution in [2.24, 2.45) is 0 Å². The number of nitrogens with zero attached hydrogens (tertiary/aromatic N) is 8. The van der Waals surface area contributed by atoms with Crippen LogP contribution in [0.1, 0.15) is 38.7 Å². The summed E-state index contributed by atoms with van der Waals surface area (Å²) in [5.41, 5.74) is -0.516. The predicted molar refractivity (Wildman–Crippen MR) is 221 cm³/mol. The lowest BCUT2D eigenvalue weighted by Crippen LogP contribution is -2.47. The van der Waals surface area contributed by atoms with Gasteiger partial charge in [0, 0.05) is 80.8 Å². The number of pyridine rings is 2. The molecule has 15 heteroatoms. The summed E-state index contributed by atoms with van der Waals surface area (Å²) in [4.78, 5) is 38.9. The normalized spacial score (nSPS) is 21.9. The summed E-state index contributed by atoms with van der Waals surface area (Å²) in [6, 6.07) is 8.90. The molecule has 3 fully saturated rings. The summed E-state index contributed by atoms with van der Waals surface area (Å²) < 4.78 is 59.6. The first-order valence-electron chi connectivity index (χ1n) is 19.7. The van der Waals surface area contributed by atoms with Crippen LogP contribution in [0, 0.1) is 24.0 Å². The van der Waals surface area contributed by atoms with E-state index in [1.165, 1.54) is 36.5 Å². The molecule has 2 aromatic carbocycles. The number of morpholine rings is 1. The molecule has 0 unspecified atom stereocenters. The van der Waals surface area contributed by atoms with Crippen LogP contribution in [0.3, 0.4) is 0 Å². The highest BCUT2D eigenvalue weighted by Gasteiger charge is 2.44. The molecule has 4 atom stereocenters. The Bertz CT molecular complexity index is 2500. The highest BCUT2D eigenvalue weighted by molar-refractivity contribution is 6.03. The predicted octanol–water partition coefficient (Wildman–Crippen LogP) is 6.43. The molecule has 3 aliphatic heterocycles. The summed E-state index contributed by atoms with van der Waals surface area (Å²) in [5.74, 6) is 1.46. The Morgan fingerprint density at radius 2 is 2.03 bits per heavy atom. The van der Waals surface area contributed by atoms with E-state index in [4.69, 9.17) is 20.9 Å². The van der Waals surface area contributed by atoms with Gasteiger partial charge in [0.25, 0.3) is 0 Å². The molecule has 8 rings (SSSR count). The van der Waals surface area contributed by atoms with Crippen molar-refractivity contribution in [2.45, 2.75) is 56.9 Å². The number of hydrogen-bond donors (Lipinski definition) is 1. The number of phenolic OH excluding ortho intramolecular Hbond substituents is 1. The van der Waals surface area contributed by atoms with Crippen molar-refractivity contribution in [1.29, 1.82) is 0 Å². The monoisotopic (exact) mass is 806 g/mol. The van der Waals surface area contributed by atoms with Crippen LogP contribution in [0.15, 0.2) is 61.4 Å². The molecule has 306 valence electrons. The lowest BCUT2D eigenvalue weighted by atomic mass is 9.96. The third-order valence-electron chi connectivity index (χ3n) is 11.7. The van der Waals surface area contributed by atoms with Gasteiger partial charge < -0.3 is 34.2 Å². The Morgan fingerprint density at radius 3 is 2.81 bits per heavy atom. The molecule has 0 saturated carbocycles. The minimum absolute atomic E-state index is 0.0561. The van der Waals surface area contributed by atoms with Crippen molar-refractivity contribution < 1.29 is 32.5 Å². The fraction of sp³-hybridized carbons (Fsp3) is 0.386. The molecular formula is C44H45F3N8O4. The van der Waals surface area contributed by atoms with E-state index >= 15 is 13.2 Å². The molecule has 59 heavy (non-hydrogen) atoms. The zero-order chi connectivity index (χ0) is 41.6. The van der Waals surface area contributed by atoms with Gasteiger partial charge in [-0.1, -0.05) is 18.6 Å². The van der Waals surface area contributed by atoms with Crippen LogP contribution in [0.5, 0.6) is 11.8 Å².